The zero-order chi connectivity index (χ0) is 52.5. The van der Waals surface area contributed by atoms with Crippen LogP contribution in [0.3, 0.4) is 0 Å². The topological polar surface area (TPSA) is 117 Å². The van der Waals surface area contributed by atoms with Gasteiger partial charge in [0.2, 0.25) is 0 Å². The Bertz CT molecular complexity index is 2810. The predicted octanol–water partition coefficient (Wildman–Crippen LogP) is 13.0. The van der Waals surface area contributed by atoms with Gasteiger partial charge >= 0.3 is 0 Å². The molecule has 6 aromatic rings. The maximum atomic E-state index is 13.7. The van der Waals surface area contributed by atoms with Gasteiger partial charge < -0.3 is 30.3 Å². The summed E-state index contributed by atoms with van der Waals surface area (Å²) in [5.41, 5.74) is 11.4. The molecule has 0 aliphatic heterocycles. The molecule has 1 aliphatic rings. The minimum absolute atomic E-state index is 0.136. The van der Waals surface area contributed by atoms with Gasteiger partial charge in [-0.3, -0.25) is 9.59 Å². The Morgan fingerprint density at radius 2 is 0.681 bits per heavy atom. The molecule has 2 amide bonds. The monoisotopic (exact) mass is 963 g/mol. The minimum Gasteiger partial charge on any atom is -0.507 e. The van der Waals surface area contributed by atoms with Crippen molar-refractivity contribution in [3.8, 4) is 47.7 Å². The molecule has 0 saturated carbocycles. The fourth-order valence-electron chi connectivity index (χ4n) is 8.99. The van der Waals surface area contributed by atoms with E-state index in [1.54, 1.807) is 48.5 Å². The number of hydrogen-bond acceptors (Lipinski definition) is 6. The molecule has 0 aromatic heterocycles. The first kappa shape index (κ1) is 52.4. The smallest absolute Gasteiger partial charge is 0.262 e. The normalized spacial score (nSPS) is 12.8. The molecule has 0 spiro atoms. The van der Waals surface area contributed by atoms with E-state index in [0.717, 1.165) is 44.5 Å². The summed E-state index contributed by atoms with van der Waals surface area (Å²) in [6.07, 6.45) is 12.2. The molecule has 0 radical (unpaired) electrons. The van der Waals surface area contributed by atoms with Crippen LogP contribution in [0, 0.1) is 24.7 Å². The van der Waals surface area contributed by atoms with Crippen molar-refractivity contribution in [2.75, 3.05) is 23.8 Å². The van der Waals surface area contributed by atoms with Gasteiger partial charge in [0.05, 0.1) is 0 Å². The average Bonchev–Trinajstić information content (AvgIpc) is 3.29. The molecule has 4 N–H and O–H groups in total. The number of benzene rings is 6. The largest absolute Gasteiger partial charge is 0.507 e. The SMILES string of the molecule is C#Cc1ccc(NC(=O)COc2c3cc(C(C)(C)C)cc2Cc2cc(C(C)(C)C)cc(c2O)Cc2cc(C(C)(C)C)cc(c2OCC(=O)Nc2ccc(C#C)cc2)Cc2cc(C(C)(C)C)cc(c2O)C3)cc1. The van der Waals surface area contributed by atoms with Crippen LogP contribution in [0.25, 0.3) is 0 Å². The van der Waals surface area contributed by atoms with Crippen LogP contribution in [0.1, 0.15) is 161 Å². The molecule has 0 unspecified atom stereocenters. The number of rotatable bonds is 8. The van der Waals surface area contributed by atoms with E-state index < -0.39 is 0 Å². The van der Waals surface area contributed by atoms with E-state index in [1.807, 2.05) is 0 Å². The van der Waals surface area contributed by atoms with Crippen molar-refractivity contribution in [2.45, 2.75) is 130 Å². The number of ether oxygens (including phenoxy) is 2. The molecule has 0 saturated heterocycles. The highest BCUT2D eigenvalue weighted by Gasteiger charge is 2.29. The van der Waals surface area contributed by atoms with Crippen molar-refractivity contribution < 1.29 is 29.3 Å². The lowest BCUT2D eigenvalue weighted by atomic mass is 9.79. The van der Waals surface area contributed by atoms with Crippen LogP contribution < -0.4 is 20.1 Å². The first-order chi connectivity index (χ1) is 33.7. The van der Waals surface area contributed by atoms with Gasteiger partial charge in [0, 0.05) is 48.2 Å². The van der Waals surface area contributed by atoms with Gasteiger partial charge in [0.1, 0.15) is 23.0 Å². The lowest BCUT2D eigenvalue weighted by molar-refractivity contribution is -0.118. The third-order valence-electron chi connectivity index (χ3n) is 13.4. The number of carbonyl (C=O) groups is 2. The number of phenolic OH excluding ortho intramolecular Hbond substituents is 2. The van der Waals surface area contributed by atoms with Crippen LogP contribution in [-0.4, -0.2) is 35.2 Å². The lowest BCUT2D eigenvalue weighted by Crippen LogP contribution is -2.22. The van der Waals surface area contributed by atoms with Gasteiger partial charge in [-0.1, -0.05) is 143 Å². The van der Waals surface area contributed by atoms with Gasteiger partial charge in [0.15, 0.2) is 13.2 Å². The van der Waals surface area contributed by atoms with Crippen LogP contribution in [0.4, 0.5) is 11.4 Å². The fraction of sp³-hybridized carbons (Fsp3) is 0.344. The highest BCUT2D eigenvalue weighted by molar-refractivity contribution is 5.92. The van der Waals surface area contributed by atoms with Crippen LogP contribution >= 0.6 is 0 Å². The predicted molar refractivity (Wildman–Crippen MR) is 292 cm³/mol. The Kier molecular flexibility index (Phi) is 14.8. The van der Waals surface area contributed by atoms with Crippen LogP contribution in [0.15, 0.2) is 97.1 Å². The van der Waals surface area contributed by atoms with Crippen molar-refractivity contribution in [1.29, 1.82) is 0 Å². The van der Waals surface area contributed by atoms with E-state index in [9.17, 15) is 19.8 Å². The number of phenols is 2. The number of aromatic hydroxyl groups is 2. The summed E-state index contributed by atoms with van der Waals surface area (Å²) in [7, 11) is 0. The molecule has 6 aromatic carbocycles. The first-order valence-electron chi connectivity index (χ1n) is 24.7. The summed E-state index contributed by atoms with van der Waals surface area (Å²) < 4.78 is 13.4. The second kappa shape index (κ2) is 20.4. The number of nitrogens with one attached hydrogen (secondary N) is 2. The molecule has 72 heavy (non-hydrogen) atoms. The van der Waals surface area contributed by atoms with Crippen LogP contribution in [0.5, 0.6) is 23.0 Å². The van der Waals surface area contributed by atoms with Gasteiger partial charge in [-0.15, -0.1) is 12.8 Å². The zero-order valence-corrected chi connectivity index (χ0v) is 44.2. The molecular formula is C64H70N2O6. The maximum absolute atomic E-state index is 13.7. The van der Waals surface area contributed by atoms with Crippen molar-refractivity contribution in [2.24, 2.45) is 0 Å². The molecule has 0 atom stereocenters. The Labute approximate surface area is 427 Å². The van der Waals surface area contributed by atoms with E-state index in [-0.39, 0.29) is 83.9 Å². The Morgan fingerprint density at radius 1 is 0.444 bits per heavy atom. The summed E-state index contributed by atoms with van der Waals surface area (Å²) in [5, 5.41) is 31.2. The molecule has 0 fully saturated rings. The van der Waals surface area contributed by atoms with Crippen molar-refractivity contribution >= 4 is 23.2 Å². The number of hydrogen-bond donors (Lipinski definition) is 4. The standard InChI is InChI=1S/C64H70N2O6/c1-15-39-17-21-53(22-18-39)65-55(67)37-71-59-45-25-41-29-49(61(3,4)5)31-43(57(41)69)27-47-35-52(64(12,13)14)36-48(60(47)72-38-56(68)66-54-23-19-40(16-2)20-24-54)28-44-32-50(62(6,7)8)30-42(58(44)70)26-46(59)34-51(33-45)63(9,10)11/h1-2,17-24,29-36,69-70H,25-28,37-38H2,3-14H3,(H,65,67)(H,66,68). The first-order valence-corrected chi connectivity index (χ1v) is 24.7. The van der Waals surface area contributed by atoms with E-state index >= 15 is 0 Å². The number of amides is 2. The fourth-order valence-corrected chi connectivity index (χ4v) is 8.99. The highest BCUT2D eigenvalue weighted by Crippen LogP contribution is 2.44. The Morgan fingerprint density at radius 3 is 0.903 bits per heavy atom. The molecule has 7 rings (SSSR count). The third kappa shape index (κ3) is 12.4. The second-order valence-electron chi connectivity index (χ2n) is 23.4. The summed E-state index contributed by atoms with van der Waals surface area (Å²) in [6.45, 7) is 25.3. The van der Waals surface area contributed by atoms with E-state index in [2.05, 4.69) is 154 Å². The van der Waals surface area contributed by atoms with Gasteiger partial charge in [-0.25, -0.2) is 0 Å². The van der Waals surface area contributed by atoms with E-state index in [1.165, 1.54) is 0 Å². The summed E-state index contributed by atoms with van der Waals surface area (Å²) in [6, 6.07) is 30.9. The number of carbonyl (C=O) groups excluding carboxylic acids is 2. The van der Waals surface area contributed by atoms with E-state index in [0.29, 0.717) is 56.3 Å². The van der Waals surface area contributed by atoms with Gasteiger partial charge in [0.25, 0.3) is 11.8 Å². The molecule has 8 nitrogen and oxygen atoms in total. The maximum Gasteiger partial charge on any atom is 0.262 e. The average molecular weight is 963 g/mol. The van der Waals surface area contributed by atoms with Gasteiger partial charge in [-0.05, 0) is 137 Å². The number of anilines is 2. The summed E-state index contributed by atoms with van der Waals surface area (Å²) in [5.74, 6) is 5.80. The highest BCUT2D eigenvalue weighted by atomic mass is 16.5. The van der Waals surface area contributed by atoms with E-state index in [4.69, 9.17) is 22.3 Å². The molecule has 372 valence electrons. The number of fused-ring (bicyclic) bond motifs is 8. The Hall–Kier alpha value is -7.42. The quantitative estimate of drug-likeness (QED) is 0.113. The molecule has 0 heterocycles. The third-order valence-corrected chi connectivity index (χ3v) is 13.4. The number of terminal acetylenes is 2. The second-order valence-corrected chi connectivity index (χ2v) is 23.4. The zero-order valence-electron chi connectivity index (χ0n) is 44.2. The molecular weight excluding hydrogens is 893 g/mol. The van der Waals surface area contributed by atoms with Crippen LogP contribution in [0.2, 0.25) is 0 Å². The summed E-state index contributed by atoms with van der Waals surface area (Å²) in [4.78, 5) is 27.4. The summed E-state index contributed by atoms with van der Waals surface area (Å²) >= 11 is 0. The lowest BCUT2D eigenvalue weighted by Gasteiger charge is -2.28. The molecule has 1 aliphatic carbocycles. The van der Waals surface area contributed by atoms with Crippen molar-refractivity contribution in [1.82, 2.24) is 0 Å². The van der Waals surface area contributed by atoms with Crippen LogP contribution in [-0.2, 0) is 56.9 Å². The Balaban J connectivity index is 1.46. The molecule has 8 bridgehead atoms. The van der Waals surface area contributed by atoms with Crippen molar-refractivity contribution in [3.63, 3.8) is 0 Å². The van der Waals surface area contributed by atoms with Gasteiger partial charge in [-0.2, -0.15) is 0 Å². The van der Waals surface area contributed by atoms with Crippen molar-refractivity contribution in [3.05, 3.63) is 175 Å². The molecule has 8 heteroatoms. The minimum atomic E-state index is -0.355.